The third-order valence-corrected chi connectivity index (χ3v) is 2.48. The van der Waals surface area contributed by atoms with Gasteiger partial charge in [-0.1, -0.05) is 0 Å². The Bertz CT molecular complexity index is 615. The van der Waals surface area contributed by atoms with Gasteiger partial charge in [-0.2, -0.15) is 0 Å². The summed E-state index contributed by atoms with van der Waals surface area (Å²) in [4.78, 5) is 34.2. The van der Waals surface area contributed by atoms with E-state index in [1.54, 1.807) is 0 Å². The number of anilines is 1. The average molecular weight is 247 g/mol. The summed E-state index contributed by atoms with van der Waals surface area (Å²) in [5, 5.41) is 21.0. The molecular formula is C12H9NO5. The number of aliphatic hydroxyl groups is 2. The summed E-state index contributed by atoms with van der Waals surface area (Å²) in [5.74, 6) is -3.94. The number of carbonyl (C=O) groups is 3. The number of amides is 1. The maximum absolute atomic E-state index is 11.7. The molecule has 0 aromatic heterocycles. The molecule has 18 heavy (non-hydrogen) atoms. The molecule has 0 spiro atoms. The van der Waals surface area contributed by atoms with Crippen LogP contribution in [0.2, 0.25) is 0 Å². The molecule has 1 amide bonds. The number of ketones is 2. The first-order chi connectivity index (χ1) is 8.41. The number of hydrogen-bond acceptors (Lipinski definition) is 5. The molecule has 0 bridgehead atoms. The average Bonchev–Trinajstić information content (AvgIpc) is 2.33. The van der Waals surface area contributed by atoms with Gasteiger partial charge in [-0.05, 0) is 18.2 Å². The van der Waals surface area contributed by atoms with Gasteiger partial charge in [0.25, 0.3) is 0 Å². The predicted molar refractivity (Wildman–Crippen MR) is 61.7 cm³/mol. The fourth-order valence-corrected chi connectivity index (χ4v) is 1.68. The van der Waals surface area contributed by atoms with Gasteiger partial charge in [0.2, 0.25) is 29.0 Å². The van der Waals surface area contributed by atoms with E-state index >= 15 is 0 Å². The van der Waals surface area contributed by atoms with Gasteiger partial charge in [0.15, 0.2) is 0 Å². The molecule has 1 aliphatic rings. The highest BCUT2D eigenvalue weighted by Gasteiger charge is 2.32. The minimum absolute atomic E-state index is 0.00981. The highest BCUT2D eigenvalue weighted by atomic mass is 16.3. The van der Waals surface area contributed by atoms with Crippen LogP contribution in [0.3, 0.4) is 0 Å². The van der Waals surface area contributed by atoms with Crippen LogP contribution in [0.4, 0.5) is 5.69 Å². The Balaban J connectivity index is 2.54. The lowest BCUT2D eigenvalue weighted by Crippen LogP contribution is -2.22. The number of nitrogens with one attached hydrogen (secondary N) is 1. The Labute approximate surface area is 102 Å². The van der Waals surface area contributed by atoms with Gasteiger partial charge in [-0.25, -0.2) is 0 Å². The van der Waals surface area contributed by atoms with Gasteiger partial charge < -0.3 is 15.5 Å². The standard InChI is InChI=1S/C12H9NO5/c1-5(14)13-6-2-3-7-8(4-6)10(16)12(18)11(17)9(7)15/h2-4,17-18H,1H3,(H,13,14). The van der Waals surface area contributed by atoms with E-state index in [1.807, 2.05) is 0 Å². The van der Waals surface area contributed by atoms with Crippen LogP contribution in [0.15, 0.2) is 29.7 Å². The van der Waals surface area contributed by atoms with Gasteiger partial charge in [0, 0.05) is 23.7 Å². The number of aliphatic hydroxyl groups excluding tert-OH is 2. The Morgan fingerprint density at radius 2 is 1.61 bits per heavy atom. The monoisotopic (exact) mass is 247 g/mol. The van der Waals surface area contributed by atoms with Crippen molar-refractivity contribution < 1.29 is 24.6 Å². The van der Waals surface area contributed by atoms with E-state index in [1.165, 1.54) is 25.1 Å². The van der Waals surface area contributed by atoms with Gasteiger partial charge in [0.1, 0.15) is 0 Å². The molecule has 1 aliphatic carbocycles. The lowest BCUT2D eigenvalue weighted by atomic mass is 9.92. The lowest BCUT2D eigenvalue weighted by molar-refractivity contribution is -0.114. The highest BCUT2D eigenvalue weighted by molar-refractivity contribution is 6.25. The molecule has 3 N–H and O–H groups in total. The van der Waals surface area contributed by atoms with E-state index in [-0.39, 0.29) is 17.0 Å². The van der Waals surface area contributed by atoms with Crippen molar-refractivity contribution in [3.63, 3.8) is 0 Å². The molecule has 6 nitrogen and oxygen atoms in total. The summed E-state index contributed by atoms with van der Waals surface area (Å²) >= 11 is 0. The SMILES string of the molecule is CC(=O)Nc1ccc2c(c1)C(=O)C(O)=C(O)C2=O. The zero-order chi connectivity index (χ0) is 13.4. The first-order valence-corrected chi connectivity index (χ1v) is 5.05. The minimum Gasteiger partial charge on any atom is -0.501 e. The van der Waals surface area contributed by atoms with E-state index in [0.717, 1.165) is 0 Å². The van der Waals surface area contributed by atoms with Crippen molar-refractivity contribution in [3.8, 4) is 0 Å². The number of allylic oxidation sites excluding steroid dienone is 2. The lowest BCUT2D eigenvalue weighted by Gasteiger charge is -2.15. The van der Waals surface area contributed by atoms with Crippen LogP contribution in [0.5, 0.6) is 0 Å². The topological polar surface area (TPSA) is 104 Å². The Morgan fingerprint density at radius 1 is 1.06 bits per heavy atom. The molecule has 0 saturated heterocycles. The molecule has 0 saturated carbocycles. The van der Waals surface area contributed by atoms with Gasteiger partial charge in [-0.3, -0.25) is 14.4 Å². The van der Waals surface area contributed by atoms with E-state index in [4.69, 9.17) is 0 Å². The number of benzene rings is 1. The summed E-state index contributed by atoms with van der Waals surface area (Å²) < 4.78 is 0. The number of Topliss-reactive ketones (excluding diaryl/α,β-unsaturated/α-hetero) is 2. The Kier molecular flexibility index (Phi) is 2.63. The second kappa shape index (κ2) is 3.99. The molecule has 0 fully saturated rings. The van der Waals surface area contributed by atoms with E-state index in [2.05, 4.69) is 5.32 Å². The maximum Gasteiger partial charge on any atom is 0.232 e. The maximum atomic E-state index is 11.7. The fourth-order valence-electron chi connectivity index (χ4n) is 1.68. The number of fused-ring (bicyclic) bond motifs is 1. The zero-order valence-electron chi connectivity index (χ0n) is 9.35. The number of rotatable bonds is 1. The van der Waals surface area contributed by atoms with Crippen LogP contribution in [0.25, 0.3) is 0 Å². The molecule has 0 atom stereocenters. The Morgan fingerprint density at radius 3 is 2.17 bits per heavy atom. The van der Waals surface area contributed by atoms with E-state index in [9.17, 15) is 24.6 Å². The fraction of sp³-hybridized carbons (Fsp3) is 0.0833. The molecule has 1 aromatic rings. The Hall–Kier alpha value is -2.63. The molecule has 0 heterocycles. The van der Waals surface area contributed by atoms with Crippen LogP contribution in [0, 0.1) is 0 Å². The van der Waals surface area contributed by atoms with Crippen molar-refractivity contribution in [1.29, 1.82) is 0 Å². The number of carbonyl (C=O) groups excluding carboxylic acids is 3. The summed E-state index contributed by atoms with van der Waals surface area (Å²) in [5.41, 5.74) is 0.266. The molecule has 1 aromatic carbocycles. The summed E-state index contributed by atoms with van der Waals surface area (Å²) in [6.07, 6.45) is 0. The predicted octanol–water partition coefficient (Wildman–Crippen LogP) is 1.35. The smallest absolute Gasteiger partial charge is 0.232 e. The summed E-state index contributed by atoms with van der Waals surface area (Å²) in [7, 11) is 0. The van der Waals surface area contributed by atoms with E-state index in [0.29, 0.717) is 5.69 Å². The third kappa shape index (κ3) is 1.73. The van der Waals surface area contributed by atoms with Crippen molar-refractivity contribution in [2.24, 2.45) is 0 Å². The molecule has 0 unspecified atom stereocenters. The van der Waals surface area contributed by atoms with Crippen molar-refractivity contribution in [2.75, 3.05) is 5.32 Å². The first-order valence-electron chi connectivity index (χ1n) is 5.05. The van der Waals surface area contributed by atoms with Crippen LogP contribution in [-0.2, 0) is 4.79 Å². The van der Waals surface area contributed by atoms with Crippen LogP contribution in [0.1, 0.15) is 27.6 Å². The van der Waals surface area contributed by atoms with Gasteiger partial charge >= 0.3 is 0 Å². The van der Waals surface area contributed by atoms with Crippen molar-refractivity contribution >= 4 is 23.2 Å². The summed E-state index contributed by atoms with van der Waals surface area (Å²) in [6, 6.07) is 4.02. The van der Waals surface area contributed by atoms with Gasteiger partial charge in [0.05, 0.1) is 0 Å². The largest absolute Gasteiger partial charge is 0.501 e. The van der Waals surface area contributed by atoms with Crippen LogP contribution in [-0.4, -0.2) is 27.7 Å². The molecule has 0 radical (unpaired) electrons. The quantitative estimate of drug-likeness (QED) is 0.694. The van der Waals surface area contributed by atoms with Crippen molar-refractivity contribution in [1.82, 2.24) is 0 Å². The van der Waals surface area contributed by atoms with E-state index < -0.39 is 23.1 Å². The van der Waals surface area contributed by atoms with Crippen LogP contribution >= 0.6 is 0 Å². The minimum atomic E-state index is -0.979. The molecule has 2 rings (SSSR count). The van der Waals surface area contributed by atoms with Crippen molar-refractivity contribution in [2.45, 2.75) is 6.92 Å². The third-order valence-electron chi connectivity index (χ3n) is 2.48. The first kappa shape index (κ1) is 11.8. The van der Waals surface area contributed by atoms with Crippen LogP contribution < -0.4 is 5.32 Å². The molecule has 6 heteroatoms. The second-order valence-corrected chi connectivity index (χ2v) is 3.80. The molecule has 0 aliphatic heterocycles. The normalized spacial score (nSPS) is 14.5. The second-order valence-electron chi connectivity index (χ2n) is 3.80. The zero-order valence-corrected chi connectivity index (χ0v) is 9.35. The molecule has 92 valence electrons. The molecular weight excluding hydrogens is 238 g/mol. The number of hydrogen-bond donors (Lipinski definition) is 3. The summed E-state index contributed by atoms with van der Waals surface area (Å²) in [6.45, 7) is 1.30. The highest BCUT2D eigenvalue weighted by Crippen LogP contribution is 2.26. The van der Waals surface area contributed by atoms with Crippen molar-refractivity contribution in [3.05, 3.63) is 40.8 Å². The van der Waals surface area contributed by atoms with Gasteiger partial charge in [-0.15, -0.1) is 0 Å².